The van der Waals surface area contributed by atoms with E-state index in [0.717, 1.165) is 16.7 Å². The number of nitrogens with zero attached hydrogens (tertiary/aromatic N) is 1. The summed E-state index contributed by atoms with van der Waals surface area (Å²) in [5.74, 6) is 0. The fraction of sp³-hybridized carbons (Fsp3) is 0.231. The van der Waals surface area contributed by atoms with Gasteiger partial charge in [-0.1, -0.05) is 35.9 Å². The van der Waals surface area contributed by atoms with E-state index in [1.807, 2.05) is 6.92 Å². The molecule has 4 rings (SSSR count). The normalized spacial score (nSPS) is 19.6. The third-order valence-electron chi connectivity index (χ3n) is 6.64. The standard InChI is InChI=1S/C26H26ClN3O5S/c1-17-16-21(27)9-14-24(17)29-25(31)28-22-10-5-19(6-11-22)20-7-12-23(13-8-20)36(34,35)30(26(32)33)15-3-4-18(30)2/h5-14,16,18H,3-4,15H2,1-2H3,(H2-,28,29,31,32,33)/p+1/t18-,30?/m1/s1. The minimum Gasteiger partial charge on any atom is -0.435 e. The number of anilines is 2. The predicted octanol–water partition coefficient (Wildman–Crippen LogP) is 6.33. The largest absolute Gasteiger partial charge is 0.529 e. The Labute approximate surface area is 215 Å². The fourth-order valence-corrected chi connectivity index (χ4v) is 6.84. The van der Waals surface area contributed by atoms with E-state index in [9.17, 15) is 23.1 Å². The lowest BCUT2D eigenvalue weighted by molar-refractivity contribution is -0.741. The van der Waals surface area contributed by atoms with Crippen molar-refractivity contribution in [3.8, 4) is 11.1 Å². The van der Waals surface area contributed by atoms with Gasteiger partial charge in [0.1, 0.15) is 17.5 Å². The molecule has 2 atom stereocenters. The highest BCUT2D eigenvalue weighted by molar-refractivity contribution is 7.86. The van der Waals surface area contributed by atoms with Gasteiger partial charge in [0, 0.05) is 29.2 Å². The van der Waals surface area contributed by atoms with Crippen molar-refractivity contribution in [3.05, 3.63) is 77.3 Å². The summed E-state index contributed by atoms with van der Waals surface area (Å²) in [6.07, 6.45) is -0.258. The molecule has 3 aromatic rings. The third kappa shape index (κ3) is 4.69. The lowest BCUT2D eigenvalue weighted by atomic mass is 10.1. The third-order valence-corrected chi connectivity index (χ3v) is 9.30. The number of nitrogens with one attached hydrogen (secondary N) is 2. The van der Waals surface area contributed by atoms with Crippen LogP contribution >= 0.6 is 11.6 Å². The SMILES string of the molecule is Cc1cc(Cl)ccc1NC(=O)Nc1ccc(-c2ccc(S(=O)(=O)[N+]3(C(=O)O)CCC[C@H]3C)cc2)cc1. The van der Waals surface area contributed by atoms with Gasteiger partial charge in [0.25, 0.3) is 0 Å². The smallest absolute Gasteiger partial charge is 0.435 e. The average Bonchev–Trinajstić information content (AvgIpc) is 3.24. The summed E-state index contributed by atoms with van der Waals surface area (Å²) in [4.78, 5) is 24.4. The van der Waals surface area contributed by atoms with Crippen LogP contribution in [0.15, 0.2) is 71.6 Å². The first kappa shape index (κ1) is 25.7. The quantitative estimate of drug-likeness (QED) is 0.335. The van der Waals surface area contributed by atoms with E-state index in [1.54, 1.807) is 61.5 Å². The molecule has 0 saturated carbocycles. The first-order valence-corrected chi connectivity index (χ1v) is 13.3. The number of amides is 3. The van der Waals surface area contributed by atoms with E-state index in [0.29, 0.717) is 29.2 Å². The lowest BCUT2D eigenvalue weighted by Gasteiger charge is -2.30. The minimum absolute atomic E-state index is 0.0187. The van der Waals surface area contributed by atoms with E-state index in [4.69, 9.17) is 11.6 Å². The number of sulfonamides is 1. The molecule has 1 heterocycles. The molecule has 1 saturated heterocycles. The van der Waals surface area contributed by atoms with Gasteiger partial charge in [-0.05, 0) is 73.0 Å². The van der Waals surface area contributed by atoms with Crippen molar-refractivity contribution in [2.24, 2.45) is 0 Å². The topological polar surface area (TPSA) is 113 Å². The molecule has 0 bridgehead atoms. The zero-order valence-electron chi connectivity index (χ0n) is 19.9. The minimum atomic E-state index is -4.12. The highest BCUT2D eigenvalue weighted by atomic mass is 35.5. The van der Waals surface area contributed by atoms with Crippen molar-refractivity contribution in [3.63, 3.8) is 0 Å². The Bertz CT molecular complexity index is 1410. The zero-order chi connectivity index (χ0) is 26.1. The van der Waals surface area contributed by atoms with Crippen molar-refractivity contribution in [1.29, 1.82) is 0 Å². The second kappa shape index (κ2) is 9.93. The number of hydrogen-bond acceptors (Lipinski definition) is 4. The van der Waals surface area contributed by atoms with Gasteiger partial charge in [0.2, 0.25) is 0 Å². The van der Waals surface area contributed by atoms with Gasteiger partial charge >= 0.3 is 22.1 Å². The molecule has 3 aromatic carbocycles. The molecule has 0 aromatic heterocycles. The Kier molecular flexibility index (Phi) is 7.08. The molecule has 1 aliphatic rings. The number of carbonyl (C=O) groups excluding carboxylic acids is 1. The molecule has 3 N–H and O–H groups in total. The number of carboxylic acid groups (broad SMARTS) is 1. The molecular weight excluding hydrogens is 502 g/mol. The van der Waals surface area contributed by atoms with Crippen LogP contribution in [0.2, 0.25) is 5.02 Å². The number of likely N-dealkylation sites (tertiary alicyclic amines) is 1. The van der Waals surface area contributed by atoms with Crippen LogP contribution in [0.3, 0.4) is 0 Å². The summed E-state index contributed by atoms with van der Waals surface area (Å²) in [5.41, 5.74) is 3.65. The number of halogens is 1. The van der Waals surface area contributed by atoms with Gasteiger partial charge in [0.05, 0.1) is 0 Å². The van der Waals surface area contributed by atoms with Crippen LogP contribution < -0.4 is 10.6 Å². The van der Waals surface area contributed by atoms with Crippen LogP contribution in [0.4, 0.5) is 21.0 Å². The number of carbonyl (C=O) groups is 2. The second-order valence-corrected chi connectivity index (χ2v) is 11.4. The van der Waals surface area contributed by atoms with Crippen LogP contribution in [0.25, 0.3) is 11.1 Å². The first-order valence-electron chi connectivity index (χ1n) is 11.5. The first-order chi connectivity index (χ1) is 17.0. The lowest BCUT2D eigenvalue weighted by Crippen LogP contribution is -2.58. The summed E-state index contributed by atoms with van der Waals surface area (Å²) in [6.45, 7) is 3.57. The van der Waals surface area contributed by atoms with Crippen LogP contribution in [-0.2, 0) is 10.0 Å². The molecule has 0 spiro atoms. The summed E-state index contributed by atoms with van der Waals surface area (Å²) in [5, 5.41) is 16.0. The molecular formula is C26H27ClN3O5S+. The van der Waals surface area contributed by atoms with Crippen molar-refractivity contribution < 1.29 is 27.0 Å². The number of quaternary nitrogens is 1. The Hall–Kier alpha value is -3.40. The van der Waals surface area contributed by atoms with Crippen LogP contribution in [0.5, 0.6) is 0 Å². The van der Waals surface area contributed by atoms with Gasteiger partial charge in [-0.15, -0.1) is 3.89 Å². The average molecular weight is 529 g/mol. The Morgan fingerprint density at radius 1 is 0.972 bits per heavy atom. The van der Waals surface area contributed by atoms with E-state index >= 15 is 0 Å². The maximum atomic E-state index is 13.3. The number of hydrogen-bond donors (Lipinski definition) is 3. The van der Waals surface area contributed by atoms with Crippen LogP contribution in [0.1, 0.15) is 25.3 Å². The van der Waals surface area contributed by atoms with Crippen LogP contribution in [0, 0.1) is 6.92 Å². The molecule has 3 amide bonds. The Morgan fingerprint density at radius 3 is 2.11 bits per heavy atom. The van der Waals surface area contributed by atoms with Gasteiger partial charge in [-0.2, -0.15) is 13.2 Å². The Morgan fingerprint density at radius 2 is 1.58 bits per heavy atom. The Balaban J connectivity index is 1.47. The molecule has 1 unspecified atom stereocenters. The molecule has 188 valence electrons. The summed E-state index contributed by atoms with van der Waals surface area (Å²) < 4.78 is 25.7. The van der Waals surface area contributed by atoms with E-state index in [1.165, 1.54) is 12.1 Å². The highest BCUT2D eigenvalue weighted by Crippen LogP contribution is 2.36. The van der Waals surface area contributed by atoms with Gasteiger partial charge in [0.15, 0.2) is 0 Å². The van der Waals surface area contributed by atoms with E-state index in [-0.39, 0.29) is 11.4 Å². The van der Waals surface area contributed by atoms with Gasteiger partial charge in [-0.3, -0.25) is 0 Å². The molecule has 0 radical (unpaired) electrons. The highest BCUT2D eigenvalue weighted by Gasteiger charge is 2.57. The van der Waals surface area contributed by atoms with Gasteiger partial charge < -0.3 is 15.7 Å². The van der Waals surface area contributed by atoms with Crippen molar-refractivity contribution in [1.82, 2.24) is 0 Å². The summed E-state index contributed by atoms with van der Waals surface area (Å²) in [7, 11) is -4.12. The number of benzene rings is 3. The maximum absolute atomic E-state index is 13.3. The van der Waals surface area contributed by atoms with Crippen LogP contribution in [-0.4, -0.2) is 42.1 Å². The number of urea groups is 1. The molecule has 8 nitrogen and oxygen atoms in total. The van der Waals surface area contributed by atoms with Crippen molar-refractivity contribution >= 4 is 45.1 Å². The monoisotopic (exact) mass is 528 g/mol. The van der Waals surface area contributed by atoms with Crippen molar-refractivity contribution in [2.45, 2.75) is 37.6 Å². The second-order valence-electron chi connectivity index (χ2n) is 8.91. The number of aryl methyl sites for hydroxylation is 1. The molecule has 1 aliphatic heterocycles. The molecule has 1 fully saturated rings. The zero-order valence-corrected chi connectivity index (χ0v) is 21.4. The number of rotatable bonds is 5. The summed E-state index contributed by atoms with van der Waals surface area (Å²) in [6, 6.07) is 17.6. The molecule has 10 heteroatoms. The maximum Gasteiger partial charge on any atom is 0.529 e. The van der Waals surface area contributed by atoms with E-state index in [2.05, 4.69) is 10.6 Å². The molecule has 36 heavy (non-hydrogen) atoms. The summed E-state index contributed by atoms with van der Waals surface area (Å²) >= 11 is 5.95. The van der Waals surface area contributed by atoms with E-state index < -0.39 is 32.1 Å². The molecule has 0 aliphatic carbocycles. The predicted molar refractivity (Wildman–Crippen MR) is 140 cm³/mol. The van der Waals surface area contributed by atoms with Gasteiger partial charge in [-0.25, -0.2) is 4.79 Å². The van der Waals surface area contributed by atoms with Crippen molar-refractivity contribution in [2.75, 3.05) is 17.2 Å². The fourth-order valence-electron chi connectivity index (χ4n) is 4.60.